The molecule has 14 rings (SSSR count). The molecular formula is C62H42N2S. The van der Waals surface area contributed by atoms with Crippen molar-refractivity contribution in [1.29, 1.82) is 0 Å². The van der Waals surface area contributed by atoms with E-state index >= 15 is 0 Å². The Morgan fingerprint density at radius 1 is 0.385 bits per heavy atom. The molecule has 3 heteroatoms. The Morgan fingerprint density at radius 3 is 1.86 bits per heavy atom. The van der Waals surface area contributed by atoms with E-state index in [2.05, 4.69) is 242 Å². The second kappa shape index (κ2) is 13.5. The second-order valence-electron chi connectivity index (χ2n) is 18.4. The van der Waals surface area contributed by atoms with E-state index in [4.69, 9.17) is 0 Å². The zero-order chi connectivity index (χ0) is 43.0. The van der Waals surface area contributed by atoms with E-state index in [1.807, 2.05) is 11.8 Å². The number of aromatic nitrogens is 1. The van der Waals surface area contributed by atoms with Gasteiger partial charge in [0.2, 0.25) is 0 Å². The van der Waals surface area contributed by atoms with Crippen molar-refractivity contribution >= 4 is 61.4 Å². The van der Waals surface area contributed by atoms with Crippen LogP contribution in [0, 0.1) is 0 Å². The molecule has 0 bridgehead atoms. The molecule has 65 heavy (non-hydrogen) atoms. The minimum Gasteiger partial charge on any atom is -0.310 e. The fraction of sp³-hybridized carbons (Fsp3) is 0.0645. The van der Waals surface area contributed by atoms with Gasteiger partial charge in [-0.1, -0.05) is 171 Å². The number of nitrogens with zero attached hydrogens (tertiary/aromatic N) is 2. The van der Waals surface area contributed by atoms with E-state index in [1.54, 1.807) is 0 Å². The maximum atomic E-state index is 2.51. The van der Waals surface area contributed by atoms with Crippen molar-refractivity contribution in [3.63, 3.8) is 0 Å². The molecule has 0 saturated carbocycles. The summed E-state index contributed by atoms with van der Waals surface area (Å²) in [6.07, 6.45) is 0. The first-order valence-electron chi connectivity index (χ1n) is 22.7. The molecule has 1 aromatic heterocycles. The van der Waals surface area contributed by atoms with Gasteiger partial charge >= 0.3 is 0 Å². The van der Waals surface area contributed by atoms with Crippen molar-refractivity contribution in [2.45, 2.75) is 34.5 Å². The minimum absolute atomic E-state index is 0.0896. The lowest BCUT2D eigenvalue weighted by atomic mass is 9.59. The molecular weight excluding hydrogens is 805 g/mol. The van der Waals surface area contributed by atoms with E-state index in [9.17, 15) is 0 Å². The second-order valence-corrected chi connectivity index (χ2v) is 19.5. The third kappa shape index (κ3) is 4.96. The van der Waals surface area contributed by atoms with Gasteiger partial charge in [0.25, 0.3) is 0 Å². The fourth-order valence-corrected chi connectivity index (χ4v) is 13.2. The van der Waals surface area contributed by atoms with Gasteiger partial charge in [-0.15, -0.1) is 0 Å². The molecule has 0 saturated heterocycles. The van der Waals surface area contributed by atoms with Crippen LogP contribution in [0.1, 0.15) is 47.2 Å². The lowest BCUT2D eigenvalue weighted by Crippen LogP contribution is -2.36. The topological polar surface area (TPSA) is 8.17 Å². The van der Waals surface area contributed by atoms with Crippen LogP contribution in [0.3, 0.4) is 0 Å². The van der Waals surface area contributed by atoms with Crippen LogP contribution in [-0.4, -0.2) is 4.57 Å². The predicted molar refractivity (Wildman–Crippen MR) is 272 cm³/mol. The zero-order valence-electron chi connectivity index (χ0n) is 36.1. The average molecular weight is 847 g/mol. The molecule has 1 atom stereocenters. The summed E-state index contributed by atoms with van der Waals surface area (Å²) < 4.78 is 2.47. The third-order valence-electron chi connectivity index (χ3n) is 14.8. The third-order valence-corrected chi connectivity index (χ3v) is 16.0. The number of fused-ring (bicyclic) bond motifs is 14. The highest BCUT2D eigenvalue weighted by Crippen LogP contribution is 2.62. The largest absolute Gasteiger partial charge is 0.310 e. The summed E-state index contributed by atoms with van der Waals surface area (Å²) in [6, 6.07) is 82.1. The SMILES string of the molecule is CC1(C)c2ccccc2-c2ccc(-n3c4ccccc4c4cc(N(c5ccccc5)c5ccc6c(c5)C5(c7ccccc7S6)c6ccccc6-c6cccc7cccc5c67)ccc43)cc21. The Labute approximate surface area is 383 Å². The van der Waals surface area contributed by atoms with Crippen molar-refractivity contribution in [1.82, 2.24) is 4.57 Å². The van der Waals surface area contributed by atoms with Gasteiger partial charge in [0.15, 0.2) is 0 Å². The Bertz CT molecular complexity index is 3800. The van der Waals surface area contributed by atoms with Gasteiger partial charge in [-0.25, -0.2) is 0 Å². The van der Waals surface area contributed by atoms with E-state index in [0.29, 0.717) is 0 Å². The summed E-state index contributed by atoms with van der Waals surface area (Å²) in [4.78, 5) is 5.05. The molecule has 0 N–H and O–H groups in total. The maximum absolute atomic E-state index is 2.51. The summed E-state index contributed by atoms with van der Waals surface area (Å²) in [6.45, 7) is 4.73. The monoisotopic (exact) mass is 846 g/mol. The Hall–Kier alpha value is -7.59. The molecule has 2 heterocycles. The fourth-order valence-electron chi connectivity index (χ4n) is 12.1. The molecule has 0 radical (unpaired) electrons. The molecule has 1 unspecified atom stereocenters. The van der Waals surface area contributed by atoms with Crippen LogP contribution in [0.5, 0.6) is 0 Å². The van der Waals surface area contributed by atoms with Crippen molar-refractivity contribution in [2.24, 2.45) is 0 Å². The van der Waals surface area contributed by atoms with Crippen molar-refractivity contribution in [3.05, 3.63) is 252 Å². The van der Waals surface area contributed by atoms with E-state index in [-0.39, 0.29) is 5.41 Å². The van der Waals surface area contributed by atoms with Crippen molar-refractivity contribution in [2.75, 3.05) is 4.90 Å². The van der Waals surface area contributed by atoms with Gasteiger partial charge < -0.3 is 9.47 Å². The van der Waals surface area contributed by atoms with Crippen LogP contribution in [0.25, 0.3) is 60.5 Å². The van der Waals surface area contributed by atoms with Gasteiger partial charge in [0.1, 0.15) is 0 Å². The standard InChI is InChI=1S/C62H42N2S/c1-61(2)50-24-9-6-20-44(50)46-33-30-43(37-54(46)61)64-56-28-12-8-22-47(56)49-36-41(31-34-57(49)64)63(40-18-4-3-5-19-40)42-32-35-59-55(38-42)62(52-26-11-13-29-58(52)65-59)51-25-10-7-21-45(51)48-23-14-16-39-17-15-27-53(62)60(39)48/h3-38H,1-2H3. The smallest absolute Gasteiger partial charge is 0.0736 e. The van der Waals surface area contributed by atoms with Crippen LogP contribution in [0.2, 0.25) is 0 Å². The van der Waals surface area contributed by atoms with Crippen LogP contribution >= 0.6 is 11.8 Å². The molecule has 11 aromatic rings. The summed E-state index contributed by atoms with van der Waals surface area (Å²) in [5, 5.41) is 5.08. The molecule has 2 nitrogen and oxygen atoms in total. The van der Waals surface area contributed by atoms with Gasteiger partial charge in [0, 0.05) is 48.7 Å². The minimum atomic E-state index is -0.539. The van der Waals surface area contributed by atoms with Crippen LogP contribution in [0.15, 0.2) is 228 Å². The van der Waals surface area contributed by atoms with Crippen molar-refractivity contribution in [3.8, 4) is 27.9 Å². The molecule has 0 amide bonds. The number of para-hydroxylation sites is 2. The number of hydrogen-bond donors (Lipinski definition) is 0. The highest BCUT2D eigenvalue weighted by Gasteiger charge is 2.49. The lowest BCUT2D eigenvalue weighted by Gasteiger charge is -2.46. The summed E-state index contributed by atoms with van der Waals surface area (Å²) in [7, 11) is 0. The summed E-state index contributed by atoms with van der Waals surface area (Å²) in [5.41, 5.74) is 19.7. The highest BCUT2D eigenvalue weighted by molar-refractivity contribution is 7.99. The first-order chi connectivity index (χ1) is 32.0. The van der Waals surface area contributed by atoms with Gasteiger partial charge in [-0.3, -0.25) is 0 Å². The molecule has 0 fully saturated rings. The highest BCUT2D eigenvalue weighted by atomic mass is 32.2. The molecule has 1 aliphatic heterocycles. The maximum Gasteiger partial charge on any atom is 0.0736 e. The molecule has 306 valence electrons. The molecule has 1 spiro atoms. The Balaban J connectivity index is 0.995. The lowest BCUT2D eigenvalue weighted by molar-refractivity contribution is 0.660. The molecule has 10 aromatic carbocycles. The van der Waals surface area contributed by atoms with Crippen LogP contribution in [0.4, 0.5) is 17.1 Å². The number of anilines is 3. The Kier molecular flexibility index (Phi) is 7.63. The predicted octanol–water partition coefficient (Wildman–Crippen LogP) is 16.5. The number of benzene rings is 10. The summed E-state index contributed by atoms with van der Waals surface area (Å²) >= 11 is 1.89. The van der Waals surface area contributed by atoms with Gasteiger partial charge in [-0.2, -0.15) is 0 Å². The molecule has 3 aliphatic rings. The zero-order valence-corrected chi connectivity index (χ0v) is 36.9. The quantitative estimate of drug-likeness (QED) is 0.174. The van der Waals surface area contributed by atoms with Crippen LogP contribution < -0.4 is 4.90 Å². The number of rotatable bonds is 4. The summed E-state index contributed by atoms with van der Waals surface area (Å²) in [5.74, 6) is 0. The van der Waals surface area contributed by atoms with Crippen LogP contribution in [-0.2, 0) is 10.8 Å². The van der Waals surface area contributed by atoms with Crippen molar-refractivity contribution < 1.29 is 0 Å². The number of hydrogen-bond acceptors (Lipinski definition) is 2. The first kappa shape index (κ1) is 36.8. The van der Waals surface area contributed by atoms with E-state index in [1.165, 1.54) is 104 Å². The first-order valence-corrected chi connectivity index (χ1v) is 23.5. The van der Waals surface area contributed by atoms with E-state index < -0.39 is 5.41 Å². The average Bonchev–Trinajstić information content (AvgIpc) is 3.80. The van der Waals surface area contributed by atoms with E-state index in [0.717, 1.165) is 17.1 Å². The molecule has 2 aliphatic carbocycles. The Morgan fingerprint density at radius 2 is 1.00 bits per heavy atom. The van der Waals surface area contributed by atoms with Gasteiger partial charge in [-0.05, 0) is 139 Å². The van der Waals surface area contributed by atoms with Gasteiger partial charge in [0.05, 0.1) is 16.4 Å². The normalized spacial score (nSPS) is 16.0.